The van der Waals surface area contributed by atoms with Crippen molar-refractivity contribution in [3.05, 3.63) is 11.1 Å². The summed E-state index contributed by atoms with van der Waals surface area (Å²) in [5.74, 6) is -0.217. The maximum atomic E-state index is 13.5. The molecule has 6 aliphatic heterocycles. The lowest BCUT2D eigenvalue weighted by Gasteiger charge is -2.50. The number of hydrogen-bond acceptors (Lipinski definition) is 9. The smallest absolute Gasteiger partial charge is 0.252 e. The Hall–Kier alpha value is -1.12. The third-order valence-electron chi connectivity index (χ3n) is 10.8. The fourth-order valence-electron chi connectivity index (χ4n) is 8.11. The van der Waals surface area contributed by atoms with Crippen LogP contribution in [0.1, 0.15) is 44.9 Å². The normalized spacial score (nSPS) is 37.7. The number of carbonyl (C=O) groups excluding carboxylic acids is 1. The number of fused-ring (bicyclic) bond motifs is 1. The molecular formula is C28H44N4O7S. The summed E-state index contributed by atoms with van der Waals surface area (Å²) in [4.78, 5) is 17.7. The molecule has 0 aromatic carbocycles. The Balaban J connectivity index is 0.906. The van der Waals surface area contributed by atoms with E-state index in [2.05, 4.69) is 10.2 Å². The van der Waals surface area contributed by atoms with Crippen LogP contribution in [0.3, 0.4) is 0 Å². The molecule has 6 heterocycles. The molecule has 0 bridgehead atoms. The van der Waals surface area contributed by atoms with Gasteiger partial charge in [-0.1, -0.05) is 6.42 Å². The van der Waals surface area contributed by atoms with E-state index in [1.807, 2.05) is 0 Å². The number of amides is 1. The molecule has 2 N–H and O–H groups in total. The maximum absolute atomic E-state index is 13.5. The lowest BCUT2D eigenvalue weighted by Crippen LogP contribution is -2.59. The van der Waals surface area contributed by atoms with Crippen molar-refractivity contribution in [3.63, 3.8) is 0 Å². The Labute approximate surface area is 237 Å². The summed E-state index contributed by atoms with van der Waals surface area (Å²) in [6.07, 6.45) is 5.27. The van der Waals surface area contributed by atoms with E-state index in [4.69, 9.17) is 14.2 Å². The fraction of sp³-hybridized carbons (Fsp3) is 0.893. The van der Waals surface area contributed by atoms with Gasteiger partial charge in [-0.25, -0.2) is 8.42 Å². The van der Waals surface area contributed by atoms with Gasteiger partial charge in [0.2, 0.25) is 10.0 Å². The van der Waals surface area contributed by atoms with Crippen LogP contribution < -0.4 is 5.32 Å². The van der Waals surface area contributed by atoms with Crippen LogP contribution in [0.2, 0.25) is 0 Å². The van der Waals surface area contributed by atoms with Gasteiger partial charge < -0.3 is 29.1 Å². The predicted octanol–water partition coefficient (Wildman–Crippen LogP) is -0.0939. The summed E-state index contributed by atoms with van der Waals surface area (Å²) in [5.41, 5.74) is 2.42. The number of nitrogens with zero attached hydrogens (tertiary/aromatic N) is 3. The molecule has 4 saturated heterocycles. The number of aliphatic hydroxyl groups is 1. The average Bonchev–Trinajstić information content (AvgIpc) is 3.56. The van der Waals surface area contributed by atoms with Crippen molar-refractivity contribution in [3.8, 4) is 0 Å². The van der Waals surface area contributed by atoms with E-state index in [1.165, 1.54) is 12.8 Å². The highest BCUT2D eigenvalue weighted by Crippen LogP contribution is 2.41. The Morgan fingerprint density at radius 3 is 2.42 bits per heavy atom. The van der Waals surface area contributed by atoms with E-state index in [-0.39, 0.29) is 24.2 Å². The molecule has 224 valence electrons. The number of ether oxygens (including phenoxy) is 3. The van der Waals surface area contributed by atoms with E-state index < -0.39 is 21.4 Å². The molecule has 6 unspecified atom stereocenters. The highest BCUT2D eigenvalue weighted by atomic mass is 32.2. The Morgan fingerprint density at radius 1 is 1.00 bits per heavy atom. The van der Waals surface area contributed by atoms with Crippen molar-refractivity contribution in [2.45, 2.75) is 74.7 Å². The van der Waals surface area contributed by atoms with E-state index in [9.17, 15) is 18.3 Å². The highest BCUT2D eigenvalue weighted by Gasteiger charge is 2.46. The molecule has 1 amide bonds. The largest absolute Gasteiger partial charge is 0.383 e. The minimum atomic E-state index is -3.52. The van der Waals surface area contributed by atoms with Crippen LogP contribution >= 0.6 is 0 Å². The summed E-state index contributed by atoms with van der Waals surface area (Å²) in [6.45, 7) is 6.82. The summed E-state index contributed by atoms with van der Waals surface area (Å²) in [7, 11) is -3.52. The Kier molecular flexibility index (Phi) is 7.52. The van der Waals surface area contributed by atoms with Crippen LogP contribution in [0, 0.1) is 11.3 Å². The first kappa shape index (κ1) is 27.7. The van der Waals surface area contributed by atoms with Gasteiger partial charge >= 0.3 is 0 Å². The SMILES string of the molecule is O=C(C(O)C1CCCC(N2CCC3(CC2)COC3)C1)N1CC2=C(C1)CN(S(=O)(=O)C1CNC3OCCOC3C1)C2. The molecular weight excluding hydrogens is 536 g/mol. The van der Waals surface area contributed by atoms with Gasteiger partial charge in [-0.2, -0.15) is 4.31 Å². The van der Waals surface area contributed by atoms with Gasteiger partial charge in [-0.15, -0.1) is 0 Å². The van der Waals surface area contributed by atoms with Gasteiger partial charge in [0.15, 0.2) is 0 Å². The van der Waals surface area contributed by atoms with Gasteiger partial charge in [0, 0.05) is 44.2 Å². The van der Waals surface area contributed by atoms with Gasteiger partial charge in [0.25, 0.3) is 5.91 Å². The van der Waals surface area contributed by atoms with Crippen LogP contribution in [-0.2, 0) is 29.0 Å². The third-order valence-corrected chi connectivity index (χ3v) is 12.9. The van der Waals surface area contributed by atoms with Crippen molar-refractivity contribution in [1.82, 2.24) is 19.4 Å². The molecule has 5 fully saturated rings. The molecule has 1 saturated carbocycles. The van der Waals surface area contributed by atoms with Crippen molar-refractivity contribution in [2.24, 2.45) is 11.3 Å². The molecule has 0 aromatic heterocycles. The van der Waals surface area contributed by atoms with Crippen LogP contribution in [-0.4, -0.2) is 136 Å². The van der Waals surface area contributed by atoms with E-state index in [0.717, 1.165) is 63.1 Å². The number of piperidine rings is 2. The van der Waals surface area contributed by atoms with Crippen LogP contribution in [0.25, 0.3) is 0 Å². The summed E-state index contributed by atoms with van der Waals surface area (Å²) in [5, 5.41) is 13.8. The minimum absolute atomic E-state index is 0.0184. The first-order chi connectivity index (χ1) is 19.3. The van der Waals surface area contributed by atoms with Crippen LogP contribution in [0.5, 0.6) is 0 Å². The maximum Gasteiger partial charge on any atom is 0.252 e. The van der Waals surface area contributed by atoms with Gasteiger partial charge in [0.05, 0.1) is 37.8 Å². The second-order valence-corrected chi connectivity index (χ2v) is 15.4. The Bertz CT molecular complexity index is 1100. The molecule has 0 aromatic rings. The summed E-state index contributed by atoms with van der Waals surface area (Å²) < 4.78 is 45.4. The van der Waals surface area contributed by atoms with Crippen molar-refractivity contribution in [1.29, 1.82) is 0 Å². The van der Waals surface area contributed by atoms with Crippen LogP contribution in [0.15, 0.2) is 11.1 Å². The van der Waals surface area contributed by atoms with E-state index >= 15 is 0 Å². The molecule has 7 aliphatic rings. The second kappa shape index (κ2) is 10.9. The van der Waals surface area contributed by atoms with Crippen molar-refractivity contribution < 1.29 is 32.5 Å². The number of sulfonamides is 1. The number of carbonyl (C=O) groups is 1. The standard InChI is InChI=1S/C28H44N4O7S/c33-25(19-2-1-3-22(10-19)30-6-4-28(5-7-30)17-37-18-28)27(34)31-13-20-15-32(16-21(20)14-31)40(35,36)23-11-24-26(29-12-23)39-9-8-38-24/h19,22-26,29,33H,1-18H2. The number of rotatable bonds is 5. The predicted molar refractivity (Wildman–Crippen MR) is 146 cm³/mol. The fourth-order valence-corrected chi connectivity index (χ4v) is 9.94. The molecule has 40 heavy (non-hydrogen) atoms. The second-order valence-electron chi connectivity index (χ2n) is 13.2. The first-order valence-corrected chi connectivity index (χ1v) is 16.8. The molecule has 1 aliphatic carbocycles. The first-order valence-electron chi connectivity index (χ1n) is 15.3. The minimum Gasteiger partial charge on any atom is -0.383 e. The number of aliphatic hydroxyl groups excluding tert-OH is 1. The molecule has 6 atom stereocenters. The molecule has 12 heteroatoms. The zero-order valence-electron chi connectivity index (χ0n) is 23.3. The topological polar surface area (TPSA) is 121 Å². The number of likely N-dealkylation sites (tertiary alicyclic amines) is 1. The van der Waals surface area contributed by atoms with Gasteiger partial charge in [-0.05, 0) is 68.7 Å². The quantitative estimate of drug-likeness (QED) is 0.430. The third kappa shape index (κ3) is 5.06. The number of hydrogen-bond donors (Lipinski definition) is 2. The number of nitrogens with one attached hydrogen (secondary N) is 1. The van der Waals surface area contributed by atoms with Crippen molar-refractivity contribution >= 4 is 15.9 Å². The zero-order chi connectivity index (χ0) is 27.5. The lowest BCUT2D eigenvalue weighted by atomic mass is 9.75. The molecule has 11 nitrogen and oxygen atoms in total. The zero-order valence-corrected chi connectivity index (χ0v) is 24.2. The lowest BCUT2D eigenvalue weighted by molar-refractivity contribution is -0.162. The molecule has 0 radical (unpaired) electrons. The summed E-state index contributed by atoms with van der Waals surface area (Å²) in [6, 6.07) is 0.440. The van der Waals surface area contributed by atoms with Crippen LogP contribution in [0.4, 0.5) is 0 Å². The van der Waals surface area contributed by atoms with E-state index in [0.29, 0.717) is 63.8 Å². The molecule has 7 rings (SSSR count). The van der Waals surface area contributed by atoms with Crippen molar-refractivity contribution in [2.75, 3.05) is 72.2 Å². The van der Waals surface area contributed by atoms with Gasteiger partial charge in [-0.3, -0.25) is 10.1 Å². The monoisotopic (exact) mass is 580 g/mol. The highest BCUT2D eigenvalue weighted by molar-refractivity contribution is 7.89. The summed E-state index contributed by atoms with van der Waals surface area (Å²) >= 11 is 0. The molecule has 1 spiro atoms. The Morgan fingerprint density at radius 2 is 1.73 bits per heavy atom. The van der Waals surface area contributed by atoms with Gasteiger partial charge in [0.1, 0.15) is 12.3 Å². The average molecular weight is 581 g/mol. The van der Waals surface area contributed by atoms with E-state index in [1.54, 1.807) is 9.21 Å².